The van der Waals surface area contributed by atoms with Gasteiger partial charge in [-0.05, 0) is 37.4 Å². The molecule has 1 fully saturated rings. The van der Waals surface area contributed by atoms with Crippen LogP contribution in [-0.2, 0) is 0 Å². The van der Waals surface area contributed by atoms with Crippen molar-refractivity contribution in [2.45, 2.75) is 32.6 Å². The first-order valence-electron chi connectivity index (χ1n) is 7.11. The Morgan fingerprint density at radius 1 is 1.33 bits per heavy atom. The zero-order valence-corrected chi connectivity index (χ0v) is 11.7. The molecule has 1 aliphatic rings. The molecule has 1 aromatic rings. The zero-order valence-electron chi connectivity index (χ0n) is 11.7. The van der Waals surface area contributed by atoms with Crippen LogP contribution in [0.4, 0.5) is 5.69 Å². The summed E-state index contributed by atoms with van der Waals surface area (Å²) >= 11 is 0. The molecule has 2 atom stereocenters. The molecule has 0 aliphatic heterocycles. The molecule has 0 heterocycles. The van der Waals surface area contributed by atoms with Crippen LogP contribution < -0.4 is 10.6 Å². The van der Waals surface area contributed by atoms with E-state index in [0.717, 1.165) is 19.0 Å². The van der Waals surface area contributed by atoms with Gasteiger partial charge >= 0.3 is 0 Å². The number of hydrogen-bond acceptors (Lipinski definition) is 2. The summed E-state index contributed by atoms with van der Waals surface area (Å²) in [7, 11) is 2.19. The summed E-state index contributed by atoms with van der Waals surface area (Å²) < 4.78 is 0. The van der Waals surface area contributed by atoms with Gasteiger partial charge in [0, 0.05) is 24.7 Å². The molecule has 0 radical (unpaired) electrons. The smallest absolute Gasteiger partial charge is 0.0363 e. The van der Waals surface area contributed by atoms with E-state index in [1.165, 1.54) is 31.4 Å². The second kappa shape index (κ2) is 5.75. The molecule has 0 spiro atoms. The average Bonchev–Trinajstić information content (AvgIpc) is 2.39. The van der Waals surface area contributed by atoms with Gasteiger partial charge in [-0.2, -0.15) is 0 Å². The van der Waals surface area contributed by atoms with Gasteiger partial charge in [-0.15, -0.1) is 0 Å². The summed E-state index contributed by atoms with van der Waals surface area (Å²) in [6.07, 6.45) is 5.27. The van der Waals surface area contributed by atoms with E-state index >= 15 is 0 Å². The van der Waals surface area contributed by atoms with E-state index in [4.69, 9.17) is 5.73 Å². The molecule has 100 valence electrons. The Kier molecular flexibility index (Phi) is 4.28. The first kappa shape index (κ1) is 13.4. The normalized spacial score (nSPS) is 28.1. The Balaban J connectivity index is 2.06. The van der Waals surface area contributed by atoms with Crippen molar-refractivity contribution in [3.63, 3.8) is 0 Å². The van der Waals surface area contributed by atoms with Gasteiger partial charge in [-0.3, -0.25) is 0 Å². The Morgan fingerprint density at radius 2 is 2.06 bits per heavy atom. The average molecular weight is 246 g/mol. The van der Waals surface area contributed by atoms with Crippen molar-refractivity contribution in [2.24, 2.45) is 17.1 Å². The van der Waals surface area contributed by atoms with E-state index in [0.29, 0.717) is 5.41 Å². The van der Waals surface area contributed by atoms with Gasteiger partial charge in [0.15, 0.2) is 0 Å². The van der Waals surface area contributed by atoms with Crippen LogP contribution in [0.3, 0.4) is 0 Å². The maximum Gasteiger partial charge on any atom is 0.0363 e. The first-order valence-corrected chi connectivity index (χ1v) is 7.11. The third-order valence-electron chi connectivity index (χ3n) is 4.39. The van der Waals surface area contributed by atoms with Crippen molar-refractivity contribution >= 4 is 5.69 Å². The third kappa shape index (κ3) is 3.05. The van der Waals surface area contributed by atoms with E-state index in [2.05, 4.69) is 49.2 Å². The molecule has 1 aromatic carbocycles. The monoisotopic (exact) mass is 246 g/mol. The van der Waals surface area contributed by atoms with Crippen LogP contribution in [0.2, 0.25) is 0 Å². The Bertz CT molecular complexity index is 363. The molecule has 2 heteroatoms. The van der Waals surface area contributed by atoms with Crippen molar-refractivity contribution < 1.29 is 0 Å². The van der Waals surface area contributed by atoms with Crippen LogP contribution >= 0.6 is 0 Å². The molecule has 18 heavy (non-hydrogen) atoms. The highest BCUT2D eigenvalue weighted by Crippen LogP contribution is 2.39. The lowest BCUT2D eigenvalue weighted by atomic mass is 9.70. The molecule has 0 bridgehead atoms. The van der Waals surface area contributed by atoms with Crippen LogP contribution in [0, 0.1) is 11.3 Å². The number of benzene rings is 1. The lowest BCUT2D eigenvalue weighted by molar-refractivity contribution is 0.161. The van der Waals surface area contributed by atoms with Crippen LogP contribution in [0.5, 0.6) is 0 Å². The van der Waals surface area contributed by atoms with Gasteiger partial charge in [0.2, 0.25) is 0 Å². The minimum atomic E-state index is 0.322. The van der Waals surface area contributed by atoms with Gasteiger partial charge < -0.3 is 10.6 Å². The maximum absolute atomic E-state index is 6.10. The molecule has 0 aromatic heterocycles. The van der Waals surface area contributed by atoms with Crippen LogP contribution in [-0.4, -0.2) is 20.1 Å². The molecule has 2 N–H and O–H groups in total. The fourth-order valence-electron chi connectivity index (χ4n) is 3.44. The van der Waals surface area contributed by atoms with Gasteiger partial charge in [0.1, 0.15) is 0 Å². The van der Waals surface area contributed by atoms with Crippen molar-refractivity contribution in [1.82, 2.24) is 0 Å². The van der Waals surface area contributed by atoms with Gasteiger partial charge in [-0.25, -0.2) is 0 Å². The van der Waals surface area contributed by atoms with E-state index < -0.39 is 0 Å². The van der Waals surface area contributed by atoms with Crippen molar-refractivity contribution in [3.8, 4) is 0 Å². The molecule has 2 nitrogen and oxygen atoms in total. The molecule has 1 saturated carbocycles. The second-order valence-electron chi connectivity index (χ2n) is 6.10. The summed E-state index contributed by atoms with van der Waals surface area (Å²) in [4.78, 5) is 2.37. The Labute approximate surface area is 111 Å². The Morgan fingerprint density at radius 3 is 2.67 bits per heavy atom. The van der Waals surface area contributed by atoms with E-state index in [1.807, 2.05) is 0 Å². The molecule has 2 unspecified atom stereocenters. The first-order chi connectivity index (χ1) is 8.65. The highest BCUT2D eigenvalue weighted by molar-refractivity contribution is 5.45. The van der Waals surface area contributed by atoms with Crippen LogP contribution in [0.15, 0.2) is 30.3 Å². The number of para-hydroxylation sites is 1. The van der Waals surface area contributed by atoms with Crippen LogP contribution in [0.25, 0.3) is 0 Å². The van der Waals surface area contributed by atoms with E-state index in [9.17, 15) is 0 Å². The second-order valence-corrected chi connectivity index (χ2v) is 6.10. The molecule has 1 aliphatic carbocycles. The predicted molar refractivity (Wildman–Crippen MR) is 78.8 cm³/mol. The van der Waals surface area contributed by atoms with Crippen molar-refractivity contribution in [1.29, 1.82) is 0 Å². The zero-order chi connectivity index (χ0) is 13.0. The van der Waals surface area contributed by atoms with Crippen molar-refractivity contribution in [2.75, 3.05) is 25.0 Å². The fourth-order valence-corrected chi connectivity index (χ4v) is 3.44. The third-order valence-corrected chi connectivity index (χ3v) is 4.39. The quantitative estimate of drug-likeness (QED) is 0.883. The molecule has 0 saturated heterocycles. The van der Waals surface area contributed by atoms with E-state index in [1.54, 1.807) is 0 Å². The summed E-state index contributed by atoms with van der Waals surface area (Å²) in [6, 6.07) is 10.6. The van der Waals surface area contributed by atoms with Gasteiger partial charge in [-0.1, -0.05) is 38.0 Å². The number of anilines is 1. The SMILES string of the molecule is CC1CCCC(CN)(CN(C)c2ccccc2)C1. The minimum absolute atomic E-state index is 0.322. The summed E-state index contributed by atoms with van der Waals surface area (Å²) in [5.74, 6) is 0.825. The largest absolute Gasteiger partial charge is 0.374 e. The molecule has 2 rings (SSSR count). The number of nitrogens with two attached hydrogens (primary N) is 1. The lowest BCUT2D eigenvalue weighted by Gasteiger charge is -2.42. The van der Waals surface area contributed by atoms with Gasteiger partial charge in [0.25, 0.3) is 0 Å². The minimum Gasteiger partial charge on any atom is -0.374 e. The number of hydrogen-bond donors (Lipinski definition) is 1. The highest BCUT2D eigenvalue weighted by atomic mass is 15.1. The van der Waals surface area contributed by atoms with Crippen LogP contribution in [0.1, 0.15) is 32.6 Å². The molecular weight excluding hydrogens is 220 g/mol. The predicted octanol–water partition coefficient (Wildman–Crippen LogP) is 3.28. The standard InChI is InChI=1S/C16H26N2/c1-14-7-6-10-16(11-14,12-17)13-18(2)15-8-4-3-5-9-15/h3-5,8-9,14H,6-7,10-13,17H2,1-2H3. The van der Waals surface area contributed by atoms with Gasteiger partial charge in [0.05, 0.1) is 0 Å². The summed E-state index contributed by atoms with van der Waals surface area (Å²) in [5.41, 5.74) is 7.72. The molecular formula is C16H26N2. The summed E-state index contributed by atoms with van der Waals surface area (Å²) in [6.45, 7) is 4.26. The number of nitrogens with zero attached hydrogens (tertiary/aromatic N) is 1. The number of rotatable bonds is 4. The van der Waals surface area contributed by atoms with E-state index in [-0.39, 0.29) is 0 Å². The van der Waals surface area contributed by atoms with Crippen molar-refractivity contribution in [3.05, 3.63) is 30.3 Å². The topological polar surface area (TPSA) is 29.3 Å². The highest BCUT2D eigenvalue weighted by Gasteiger charge is 2.34. The summed E-state index contributed by atoms with van der Waals surface area (Å²) in [5, 5.41) is 0. The molecule has 0 amide bonds. The Hall–Kier alpha value is -1.02. The maximum atomic E-state index is 6.10. The fraction of sp³-hybridized carbons (Fsp3) is 0.625. The lowest BCUT2D eigenvalue weighted by Crippen LogP contribution is -2.44.